The van der Waals surface area contributed by atoms with Crippen LogP contribution < -0.4 is 15.2 Å². The van der Waals surface area contributed by atoms with Gasteiger partial charge in [0.25, 0.3) is 0 Å². The number of ether oxygens (including phenoxy) is 1. The SMILES string of the molecule is COc1ccc(CNS(=O)(=O)CCN)cc1C. The highest BCUT2D eigenvalue weighted by Gasteiger charge is 2.08. The number of sulfonamides is 1. The standard InChI is InChI=1S/C11H18N2O3S/c1-9-7-10(3-4-11(9)16-2)8-13-17(14,15)6-5-12/h3-4,7,13H,5-6,8,12H2,1-2H3. The lowest BCUT2D eigenvalue weighted by atomic mass is 10.1. The molecule has 0 unspecified atom stereocenters. The normalized spacial score (nSPS) is 11.5. The summed E-state index contributed by atoms with van der Waals surface area (Å²) in [5.41, 5.74) is 7.08. The van der Waals surface area contributed by atoms with Crippen molar-refractivity contribution in [2.75, 3.05) is 19.4 Å². The van der Waals surface area contributed by atoms with Gasteiger partial charge in [-0.05, 0) is 24.1 Å². The van der Waals surface area contributed by atoms with E-state index in [-0.39, 0.29) is 18.8 Å². The maximum atomic E-state index is 11.4. The summed E-state index contributed by atoms with van der Waals surface area (Å²) in [6, 6.07) is 5.54. The summed E-state index contributed by atoms with van der Waals surface area (Å²) in [4.78, 5) is 0. The minimum absolute atomic E-state index is 0.0534. The molecule has 0 fully saturated rings. The summed E-state index contributed by atoms with van der Waals surface area (Å²) < 4.78 is 30.4. The first-order chi connectivity index (χ1) is 7.98. The lowest BCUT2D eigenvalue weighted by Gasteiger charge is -2.08. The quantitative estimate of drug-likeness (QED) is 0.773. The van der Waals surface area contributed by atoms with E-state index < -0.39 is 10.0 Å². The fourth-order valence-corrected chi connectivity index (χ4v) is 2.31. The molecule has 6 heteroatoms. The van der Waals surface area contributed by atoms with Gasteiger partial charge in [0.2, 0.25) is 10.0 Å². The molecule has 96 valence electrons. The van der Waals surface area contributed by atoms with Crippen LogP contribution in [-0.4, -0.2) is 27.8 Å². The van der Waals surface area contributed by atoms with E-state index in [1.807, 2.05) is 25.1 Å². The second-order valence-electron chi connectivity index (χ2n) is 3.73. The number of nitrogens with one attached hydrogen (secondary N) is 1. The molecular weight excluding hydrogens is 240 g/mol. The van der Waals surface area contributed by atoms with Crippen molar-refractivity contribution in [3.05, 3.63) is 29.3 Å². The van der Waals surface area contributed by atoms with Crippen molar-refractivity contribution in [2.45, 2.75) is 13.5 Å². The van der Waals surface area contributed by atoms with Gasteiger partial charge in [-0.1, -0.05) is 12.1 Å². The third kappa shape index (κ3) is 4.33. The third-order valence-corrected chi connectivity index (χ3v) is 3.70. The predicted molar refractivity (Wildman–Crippen MR) is 67.4 cm³/mol. The Bertz CT molecular complexity index is 472. The Morgan fingerprint density at radius 1 is 1.41 bits per heavy atom. The highest BCUT2D eigenvalue weighted by Crippen LogP contribution is 2.18. The lowest BCUT2D eigenvalue weighted by molar-refractivity contribution is 0.411. The minimum atomic E-state index is -3.26. The Labute approximate surface area is 102 Å². The Balaban J connectivity index is 2.67. The Morgan fingerprint density at radius 2 is 2.12 bits per heavy atom. The number of nitrogens with two attached hydrogens (primary N) is 1. The molecule has 17 heavy (non-hydrogen) atoms. The van der Waals surface area contributed by atoms with Gasteiger partial charge in [0.05, 0.1) is 12.9 Å². The van der Waals surface area contributed by atoms with Crippen molar-refractivity contribution >= 4 is 10.0 Å². The molecule has 0 aliphatic heterocycles. The summed E-state index contributed by atoms with van der Waals surface area (Å²) in [5, 5.41) is 0. The molecule has 1 aromatic carbocycles. The molecule has 0 saturated heterocycles. The second-order valence-corrected chi connectivity index (χ2v) is 5.66. The van der Waals surface area contributed by atoms with E-state index in [1.165, 1.54) is 0 Å². The third-order valence-electron chi connectivity index (χ3n) is 2.34. The van der Waals surface area contributed by atoms with Crippen LogP contribution in [0.25, 0.3) is 0 Å². The molecule has 0 aliphatic rings. The Kier molecular flexibility index (Phi) is 4.92. The van der Waals surface area contributed by atoms with E-state index >= 15 is 0 Å². The van der Waals surface area contributed by atoms with Crippen LogP contribution >= 0.6 is 0 Å². The molecule has 0 aliphatic carbocycles. The number of methoxy groups -OCH3 is 1. The molecule has 0 atom stereocenters. The Hall–Kier alpha value is -1.11. The van der Waals surface area contributed by atoms with Crippen molar-refractivity contribution in [1.29, 1.82) is 0 Å². The van der Waals surface area contributed by atoms with Crippen LogP contribution in [0.2, 0.25) is 0 Å². The smallest absolute Gasteiger partial charge is 0.213 e. The van der Waals surface area contributed by atoms with Crippen LogP contribution in [0.1, 0.15) is 11.1 Å². The highest BCUT2D eigenvalue weighted by atomic mass is 32.2. The maximum absolute atomic E-state index is 11.4. The van der Waals surface area contributed by atoms with Gasteiger partial charge in [-0.3, -0.25) is 0 Å². The number of benzene rings is 1. The molecule has 0 spiro atoms. The van der Waals surface area contributed by atoms with Gasteiger partial charge in [-0.25, -0.2) is 13.1 Å². The molecule has 0 saturated carbocycles. The van der Waals surface area contributed by atoms with Crippen molar-refractivity contribution in [3.63, 3.8) is 0 Å². The lowest BCUT2D eigenvalue weighted by Crippen LogP contribution is -2.29. The fraction of sp³-hybridized carbons (Fsp3) is 0.455. The molecule has 0 heterocycles. The zero-order valence-electron chi connectivity index (χ0n) is 10.1. The van der Waals surface area contributed by atoms with Crippen molar-refractivity contribution < 1.29 is 13.2 Å². The van der Waals surface area contributed by atoms with Crippen molar-refractivity contribution in [1.82, 2.24) is 4.72 Å². The summed E-state index contributed by atoms with van der Waals surface area (Å²) in [6.45, 7) is 2.31. The second kappa shape index (κ2) is 6.00. The van der Waals surface area contributed by atoms with E-state index in [9.17, 15) is 8.42 Å². The first-order valence-electron chi connectivity index (χ1n) is 5.29. The largest absolute Gasteiger partial charge is 0.496 e. The van der Waals surface area contributed by atoms with Crippen LogP contribution in [-0.2, 0) is 16.6 Å². The monoisotopic (exact) mass is 258 g/mol. The van der Waals surface area contributed by atoms with Gasteiger partial charge in [0.15, 0.2) is 0 Å². The fourth-order valence-electron chi connectivity index (χ4n) is 1.47. The molecule has 1 rings (SSSR count). The van der Waals surface area contributed by atoms with Gasteiger partial charge in [0, 0.05) is 13.1 Å². The molecule has 1 aromatic rings. The molecule has 5 nitrogen and oxygen atoms in total. The van der Waals surface area contributed by atoms with Crippen LogP contribution in [0, 0.1) is 6.92 Å². The summed E-state index contributed by atoms with van der Waals surface area (Å²) in [5.74, 6) is 0.737. The van der Waals surface area contributed by atoms with Gasteiger partial charge in [-0.15, -0.1) is 0 Å². The molecule has 3 N–H and O–H groups in total. The van der Waals surface area contributed by atoms with Crippen LogP contribution in [0.3, 0.4) is 0 Å². The number of hydrogen-bond donors (Lipinski definition) is 2. The van der Waals surface area contributed by atoms with Gasteiger partial charge in [0.1, 0.15) is 5.75 Å². The predicted octanol–water partition coefficient (Wildman–Crippen LogP) is 0.382. The number of rotatable bonds is 6. The Morgan fingerprint density at radius 3 is 2.65 bits per heavy atom. The highest BCUT2D eigenvalue weighted by molar-refractivity contribution is 7.89. The molecular formula is C11H18N2O3S. The first-order valence-corrected chi connectivity index (χ1v) is 6.94. The van der Waals surface area contributed by atoms with E-state index in [1.54, 1.807) is 7.11 Å². The van der Waals surface area contributed by atoms with Gasteiger partial charge < -0.3 is 10.5 Å². The van der Waals surface area contributed by atoms with Crippen molar-refractivity contribution in [3.8, 4) is 5.75 Å². The molecule has 0 radical (unpaired) electrons. The minimum Gasteiger partial charge on any atom is -0.496 e. The summed E-state index contributed by atoms with van der Waals surface area (Å²) in [7, 11) is -1.66. The summed E-state index contributed by atoms with van der Waals surface area (Å²) >= 11 is 0. The zero-order chi connectivity index (χ0) is 12.9. The van der Waals surface area contributed by atoms with E-state index in [0.29, 0.717) is 0 Å². The van der Waals surface area contributed by atoms with Crippen molar-refractivity contribution in [2.24, 2.45) is 5.73 Å². The van der Waals surface area contributed by atoms with Gasteiger partial charge in [-0.2, -0.15) is 0 Å². The molecule has 0 bridgehead atoms. The van der Waals surface area contributed by atoms with E-state index in [0.717, 1.165) is 16.9 Å². The number of aryl methyl sites for hydroxylation is 1. The van der Waals surface area contributed by atoms with Gasteiger partial charge >= 0.3 is 0 Å². The van der Waals surface area contributed by atoms with Crippen LogP contribution in [0.4, 0.5) is 0 Å². The zero-order valence-corrected chi connectivity index (χ0v) is 10.9. The number of hydrogen-bond acceptors (Lipinski definition) is 4. The topological polar surface area (TPSA) is 81.4 Å². The van der Waals surface area contributed by atoms with Crippen LogP contribution in [0.5, 0.6) is 5.75 Å². The average Bonchev–Trinajstić information content (AvgIpc) is 2.27. The van der Waals surface area contributed by atoms with E-state index in [4.69, 9.17) is 10.5 Å². The maximum Gasteiger partial charge on any atom is 0.213 e. The summed E-state index contributed by atoms with van der Waals surface area (Å²) in [6.07, 6.45) is 0. The molecule has 0 amide bonds. The van der Waals surface area contributed by atoms with Crippen LogP contribution in [0.15, 0.2) is 18.2 Å². The molecule has 0 aromatic heterocycles. The first kappa shape index (κ1) is 14.0. The average molecular weight is 258 g/mol. The van der Waals surface area contributed by atoms with E-state index in [2.05, 4.69) is 4.72 Å².